The van der Waals surface area contributed by atoms with E-state index in [0.717, 1.165) is 25.2 Å². The van der Waals surface area contributed by atoms with Gasteiger partial charge in [-0.1, -0.05) is 48.5 Å². The van der Waals surface area contributed by atoms with E-state index in [1.807, 2.05) is 48.3 Å². The van der Waals surface area contributed by atoms with Gasteiger partial charge in [-0.25, -0.2) is 0 Å². The summed E-state index contributed by atoms with van der Waals surface area (Å²) >= 11 is 0. The van der Waals surface area contributed by atoms with E-state index in [-0.39, 0.29) is 5.91 Å². The summed E-state index contributed by atoms with van der Waals surface area (Å²) in [6.45, 7) is 2.04. The number of benzene rings is 2. The lowest BCUT2D eigenvalue weighted by Crippen LogP contribution is -2.37. The van der Waals surface area contributed by atoms with Crippen LogP contribution in [0.5, 0.6) is 0 Å². The summed E-state index contributed by atoms with van der Waals surface area (Å²) in [5.74, 6) is 0.179. The van der Waals surface area contributed by atoms with Crippen molar-refractivity contribution in [1.29, 1.82) is 0 Å². The first kappa shape index (κ1) is 13.8. The van der Waals surface area contributed by atoms with Crippen LogP contribution in [0, 0.1) is 0 Å². The van der Waals surface area contributed by atoms with E-state index in [2.05, 4.69) is 23.1 Å². The average Bonchev–Trinajstić information content (AvgIpc) is 2.92. The molecule has 0 aliphatic carbocycles. The van der Waals surface area contributed by atoms with Gasteiger partial charge in [-0.2, -0.15) is 0 Å². The van der Waals surface area contributed by atoms with Crippen LogP contribution in [0.4, 0.5) is 5.69 Å². The number of hydrogen-bond donors (Lipinski definition) is 0. The quantitative estimate of drug-likeness (QED) is 0.859. The number of amides is 1. The maximum absolute atomic E-state index is 12.5. The van der Waals surface area contributed by atoms with Crippen molar-refractivity contribution in [2.24, 2.45) is 0 Å². The molecular weight excluding hydrogens is 260 g/mol. The molecule has 0 atom stereocenters. The lowest BCUT2D eigenvalue weighted by Gasteiger charge is -2.22. The maximum Gasteiger partial charge on any atom is 0.241 e. The fraction of sp³-hybridized carbons (Fsp3) is 0.278. The van der Waals surface area contributed by atoms with Crippen LogP contribution in [0.15, 0.2) is 54.6 Å². The average molecular weight is 280 g/mol. The minimum absolute atomic E-state index is 0.179. The Hall–Kier alpha value is -2.13. The molecule has 2 aromatic carbocycles. The molecule has 1 amide bonds. The van der Waals surface area contributed by atoms with E-state index in [9.17, 15) is 4.79 Å². The van der Waals surface area contributed by atoms with Gasteiger partial charge < -0.3 is 4.90 Å². The van der Waals surface area contributed by atoms with Crippen LogP contribution in [-0.2, 0) is 17.8 Å². The van der Waals surface area contributed by atoms with E-state index in [1.54, 1.807) is 0 Å². The molecule has 0 fully saturated rings. The molecule has 0 saturated carbocycles. The molecule has 3 rings (SSSR count). The summed E-state index contributed by atoms with van der Waals surface area (Å²) in [5, 5.41) is 0. The highest BCUT2D eigenvalue weighted by Crippen LogP contribution is 2.27. The first-order valence-electron chi connectivity index (χ1n) is 7.35. The van der Waals surface area contributed by atoms with Crippen LogP contribution >= 0.6 is 0 Å². The van der Waals surface area contributed by atoms with Crippen molar-refractivity contribution in [3.63, 3.8) is 0 Å². The van der Waals surface area contributed by atoms with Gasteiger partial charge in [0.05, 0.1) is 6.54 Å². The number of fused-ring (bicyclic) bond motifs is 1. The molecule has 3 nitrogen and oxygen atoms in total. The highest BCUT2D eigenvalue weighted by Gasteiger charge is 2.24. The highest BCUT2D eigenvalue weighted by atomic mass is 16.2. The Bertz CT molecular complexity index is 624. The Morgan fingerprint density at radius 3 is 2.62 bits per heavy atom. The summed E-state index contributed by atoms with van der Waals surface area (Å²) in [4.78, 5) is 16.5. The molecule has 0 spiro atoms. The Morgan fingerprint density at radius 2 is 1.81 bits per heavy atom. The van der Waals surface area contributed by atoms with Crippen LogP contribution in [0.25, 0.3) is 0 Å². The summed E-state index contributed by atoms with van der Waals surface area (Å²) in [7, 11) is 1.99. The van der Waals surface area contributed by atoms with E-state index < -0.39 is 0 Å². The third-order valence-corrected chi connectivity index (χ3v) is 3.89. The van der Waals surface area contributed by atoms with Crippen LogP contribution < -0.4 is 4.90 Å². The normalized spacial score (nSPS) is 13.5. The van der Waals surface area contributed by atoms with E-state index >= 15 is 0 Å². The molecule has 21 heavy (non-hydrogen) atoms. The first-order valence-corrected chi connectivity index (χ1v) is 7.35. The van der Waals surface area contributed by atoms with Crippen molar-refractivity contribution in [2.75, 3.05) is 25.0 Å². The van der Waals surface area contributed by atoms with Crippen molar-refractivity contribution in [2.45, 2.75) is 13.0 Å². The molecule has 0 N–H and O–H groups in total. The molecule has 0 aromatic heterocycles. The molecule has 3 heteroatoms. The molecule has 0 radical (unpaired) electrons. The molecule has 0 unspecified atom stereocenters. The van der Waals surface area contributed by atoms with Gasteiger partial charge in [0, 0.05) is 18.8 Å². The minimum atomic E-state index is 0.179. The Kier molecular flexibility index (Phi) is 4.02. The first-order chi connectivity index (χ1) is 10.2. The van der Waals surface area contributed by atoms with Crippen molar-refractivity contribution >= 4 is 11.6 Å². The predicted octanol–water partition coefficient (Wildman–Crippen LogP) is 2.71. The third kappa shape index (κ3) is 3.14. The summed E-state index contributed by atoms with van der Waals surface area (Å²) in [6.07, 6.45) is 0.963. The number of likely N-dealkylation sites (N-methyl/N-ethyl adjacent to an activating group) is 1. The predicted molar refractivity (Wildman–Crippen MR) is 85.3 cm³/mol. The second-order valence-electron chi connectivity index (χ2n) is 5.58. The Labute approximate surface area is 125 Å². The summed E-state index contributed by atoms with van der Waals surface area (Å²) < 4.78 is 0. The standard InChI is InChI=1S/C18H20N2O/c1-19(13-15-7-3-2-4-8-15)14-18(21)20-12-11-16-9-5-6-10-17(16)20/h2-10H,11-14H2,1H3. The van der Waals surface area contributed by atoms with Gasteiger partial charge in [-0.15, -0.1) is 0 Å². The Morgan fingerprint density at radius 1 is 1.10 bits per heavy atom. The second kappa shape index (κ2) is 6.10. The van der Waals surface area contributed by atoms with Crippen molar-refractivity contribution in [3.05, 3.63) is 65.7 Å². The van der Waals surface area contributed by atoms with Gasteiger partial charge in [0.2, 0.25) is 5.91 Å². The fourth-order valence-electron chi connectivity index (χ4n) is 2.86. The van der Waals surface area contributed by atoms with Crippen LogP contribution in [0.1, 0.15) is 11.1 Å². The van der Waals surface area contributed by atoms with Gasteiger partial charge in [-0.05, 0) is 30.7 Å². The number of anilines is 1. The Balaban J connectivity index is 1.62. The zero-order valence-corrected chi connectivity index (χ0v) is 12.3. The smallest absolute Gasteiger partial charge is 0.241 e. The SMILES string of the molecule is CN(CC(=O)N1CCc2ccccc21)Cc1ccccc1. The number of nitrogens with zero attached hydrogens (tertiary/aromatic N) is 2. The monoisotopic (exact) mass is 280 g/mol. The lowest BCUT2D eigenvalue weighted by atomic mass is 10.2. The fourth-order valence-corrected chi connectivity index (χ4v) is 2.86. The largest absolute Gasteiger partial charge is 0.311 e. The molecule has 2 aromatic rings. The number of hydrogen-bond acceptors (Lipinski definition) is 2. The van der Waals surface area contributed by atoms with Crippen molar-refractivity contribution in [1.82, 2.24) is 4.90 Å². The van der Waals surface area contributed by atoms with Crippen LogP contribution in [-0.4, -0.2) is 30.9 Å². The van der Waals surface area contributed by atoms with Crippen LogP contribution in [0.2, 0.25) is 0 Å². The second-order valence-corrected chi connectivity index (χ2v) is 5.58. The zero-order chi connectivity index (χ0) is 14.7. The van der Waals surface area contributed by atoms with E-state index in [1.165, 1.54) is 11.1 Å². The van der Waals surface area contributed by atoms with E-state index in [0.29, 0.717) is 6.54 Å². The van der Waals surface area contributed by atoms with E-state index in [4.69, 9.17) is 0 Å². The summed E-state index contributed by atoms with van der Waals surface area (Å²) in [5.41, 5.74) is 3.58. The zero-order valence-electron chi connectivity index (χ0n) is 12.3. The molecular formula is C18H20N2O. The maximum atomic E-state index is 12.5. The van der Waals surface area contributed by atoms with Gasteiger partial charge in [0.25, 0.3) is 0 Å². The summed E-state index contributed by atoms with van der Waals surface area (Å²) in [6, 6.07) is 18.4. The molecule has 1 aliphatic heterocycles. The molecule has 1 heterocycles. The molecule has 108 valence electrons. The topological polar surface area (TPSA) is 23.6 Å². The number of para-hydroxylation sites is 1. The van der Waals surface area contributed by atoms with Crippen molar-refractivity contribution in [3.8, 4) is 0 Å². The molecule has 1 aliphatic rings. The lowest BCUT2D eigenvalue weighted by molar-refractivity contribution is -0.119. The minimum Gasteiger partial charge on any atom is -0.311 e. The highest BCUT2D eigenvalue weighted by molar-refractivity contribution is 5.96. The number of carbonyl (C=O) groups is 1. The van der Waals surface area contributed by atoms with Gasteiger partial charge in [-0.3, -0.25) is 9.69 Å². The molecule has 0 bridgehead atoms. The van der Waals surface area contributed by atoms with Gasteiger partial charge in [0.1, 0.15) is 0 Å². The third-order valence-electron chi connectivity index (χ3n) is 3.89. The van der Waals surface area contributed by atoms with Gasteiger partial charge in [0.15, 0.2) is 0 Å². The number of rotatable bonds is 4. The molecule has 0 saturated heterocycles. The van der Waals surface area contributed by atoms with Gasteiger partial charge >= 0.3 is 0 Å². The van der Waals surface area contributed by atoms with Crippen molar-refractivity contribution < 1.29 is 4.79 Å². The van der Waals surface area contributed by atoms with Crippen LogP contribution in [0.3, 0.4) is 0 Å². The number of carbonyl (C=O) groups excluding carboxylic acids is 1.